The number of piperidine rings is 1. The lowest BCUT2D eigenvalue weighted by molar-refractivity contribution is -0.183. The molecular weight excluding hydrogens is 324 g/mol. The molecule has 1 atom stereocenters. The number of amides is 1. The molecule has 2 fully saturated rings. The highest BCUT2D eigenvalue weighted by atomic mass is 32.1. The van der Waals surface area contributed by atoms with Crippen molar-refractivity contribution in [1.29, 1.82) is 0 Å². The largest absolute Gasteiger partial charge is 0.378 e. The van der Waals surface area contributed by atoms with Gasteiger partial charge in [-0.2, -0.15) is 0 Å². The fourth-order valence-corrected chi connectivity index (χ4v) is 4.67. The minimum atomic E-state index is -0.203. The molecule has 1 amide bonds. The van der Waals surface area contributed by atoms with Gasteiger partial charge in [-0.15, -0.1) is 11.3 Å². The molecule has 0 aliphatic carbocycles. The van der Waals surface area contributed by atoms with Crippen LogP contribution in [0.5, 0.6) is 0 Å². The smallest absolute Gasteiger partial charge is 0.253 e. The van der Waals surface area contributed by atoms with E-state index in [9.17, 15) is 4.79 Å². The maximum Gasteiger partial charge on any atom is 0.253 e. The molecule has 0 saturated carbocycles. The van der Waals surface area contributed by atoms with Gasteiger partial charge in [-0.3, -0.25) is 4.79 Å². The monoisotopic (exact) mass is 346 g/mol. The van der Waals surface area contributed by atoms with Gasteiger partial charge >= 0.3 is 0 Å². The average Bonchev–Trinajstić information content (AvgIpc) is 3.10. The van der Waals surface area contributed by atoms with Crippen LogP contribution in [0.15, 0.2) is 23.7 Å². The summed E-state index contributed by atoms with van der Waals surface area (Å²) in [5.41, 5.74) is 3.31. The van der Waals surface area contributed by atoms with Crippen molar-refractivity contribution >= 4 is 27.5 Å². The van der Waals surface area contributed by atoms with Gasteiger partial charge in [0.1, 0.15) is 0 Å². The first-order valence-corrected chi connectivity index (χ1v) is 9.39. The highest BCUT2D eigenvalue weighted by molar-refractivity contribution is 7.16. The number of carbonyl (C=O) groups is 1. The van der Waals surface area contributed by atoms with Crippen molar-refractivity contribution in [3.63, 3.8) is 0 Å². The van der Waals surface area contributed by atoms with Crippen LogP contribution in [-0.4, -0.2) is 54.3 Å². The summed E-state index contributed by atoms with van der Waals surface area (Å²) in [6.45, 7) is 2.24. The standard InChI is InChI=1S/C18H22N2O3S/c1-22-16-3-2-10-23-18(16)6-8-20(9-7-18)17(21)13-4-5-14-15(11-13)24-12-19-14/h4-5,11-12,16H,2-3,6-10H2,1H3/t16-/m1/s1. The zero-order chi connectivity index (χ0) is 16.6. The number of aromatic nitrogens is 1. The second-order valence-corrected chi connectivity index (χ2v) is 7.49. The Bertz CT molecular complexity index is 737. The number of hydrogen-bond donors (Lipinski definition) is 0. The van der Waals surface area contributed by atoms with Gasteiger partial charge in [-0.05, 0) is 43.9 Å². The number of likely N-dealkylation sites (tertiary alicyclic amines) is 1. The van der Waals surface area contributed by atoms with Gasteiger partial charge < -0.3 is 14.4 Å². The number of methoxy groups -OCH3 is 1. The summed E-state index contributed by atoms with van der Waals surface area (Å²) in [5.74, 6) is 0.102. The Labute approximate surface area is 145 Å². The van der Waals surface area contributed by atoms with Gasteiger partial charge in [0, 0.05) is 32.4 Å². The number of carbonyl (C=O) groups excluding carboxylic acids is 1. The predicted octanol–water partition coefficient (Wildman–Crippen LogP) is 3.10. The van der Waals surface area contributed by atoms with Crippen molar-refractivity contribution in [2.75, 3.05) is 26.8 Å². The van der Waals surface area contributed by atoms with Crippen molar-refractivity contribution in [3.8, 4) is 0 Å². The van der Waals surface area contributed by atoms with Crippen LogP contribution in [0.2, 0.25) is 0 Å². The summed E-state index contributed by atoms with van der Waals surface area (Å²) >= 11 is 1.57. The fourth-order valence-electron chi connectivity index (χ4n) is 3.96. The number of rotatable bonds is 2. The molecule has 3 heterocycles. The lowest BCUT2D eigenvalue weighted by Gasteiger charge is -2.48. The minimum Gasteiger partial charge on any atom is -0.378 e. The summed E-state index contributed by atoms with van der Waals surface area (Å²) in [7, 11) is 1.77. The molecular formula is C18H22N2O3S. The highest BCUT2D eigenvalue weighted by Gasteiger charge is 2.45. The summed E-state index contributed by atoms with van der Waals surface area (Å²) in [4.78, 5) is 19.0. The van der Waals surface area contributed by atoms with Crippen LogP contribution in [0.4, 0.5) is 0 Å². The van der Waals surface area contributed by atoms with Crippen molar-refractivity contribution in [1.82, 2.24) is 9.88 Å². The molecule has 128 valence electrons. The van der Waals surface area contributed by atoms with Crippen LogP contribution in [0.3, 0.4) is 0 Å². The second kappa shape index (κ2) is 6.43. The summed E-state index contributed by atoms with van der Waals surface area (Å²) < 4.78 is 12.9. The molecule has 0 bridgehead atoms. The van der Waals surface area contributed by atoms with Crippen molar-refractivity contribution in [3.05, 3.63) is 29.3 Å². The number of hydrogen-bond acceptors (Lipinski definition) is 5. The lowest BCUT2D eigenvalue weighted by atomic mass is 9.81. The number of ether oxygens (including phenoxy) is 2. The summed E-state index contributed by atoms with van der Waals surface area (Å²) in [6.07, 6.45) is 3.95. The number of nitrogens with zero attached hydrogens (tertiary/aromatic N) is 2. The van der Waals surface area contributed by atoms with Crippen molar-refractivity contribution in [2.24, 2.45) is 0 Å². The Morgan fingerprint density at radius 1 is 1.42 bits per heavy atom. The van der Waals surface area contributed by atoms with Gasteiger partial charge in [-0.25, -0.2) is 4.98 Å². The van der Waals surface area contributed by atoms with E-state index in [0.717, 1.165) is 61.2 Å². The third-order valence-corrected chi connectivity index (χ3v) is 6.14. The third kappa shape index (κ3) is 2.72. The third-order valence-electron chi connectivity index (χ3n) is 5.35. The quantitative estimate of drug-likeness (QED) is 0.838. The molecule has 2 aliphatic rings. The molecule has 0 N–H and O–H groups in total. The van der Waals surface area contributed by atoms with E-state index in [1.165, 1.54) is 0 Å². The zero-order valence-electron chi connectivity index (χ0n) is 13.9. The average molecular weight is 346 g/mol. The Morgan fingerprint density at radius 2 is 2.25 bits per heavy atom. The molecule has 2 saturated heterocycles. The van der Waals surface area contributed by atoms with Gasteiger partial charge in [0.15, 0.2) is 0 Å². The molecule has 2 aromatic rings. The van der Waals surface area contributed by atoms with Crippen LogP contribution in [-0.2, 0) is 9.47 Å². The zero-order valence-corrected chi connectivity index (χ0v) is 14.7. The first-order valence-electron chi connectivity index (χ1n) is 8.51. The van der Waals surface area contributed by atoms with Crippen LogP contribution in [0, 0.1) is 0 Å². The SMILES string of the molecule is CO[C@@H]1CCCOC12CCN(C(=O)c1ccc3ncsc3c1)CC2. The molecule has 1 aromatic carbocycles. The molecule has 4 rings (SSSR count). The van der Waals surface area contributed by atoms with Gasteiger partial charge in [0.25, 0.3) is 5.91 Å². The Kier molecular flexibility index (Phi) is 4.28. The first-order chi connectivity index (χ1) is 11.7. The van der Waals surface area contributed by atoms with Gasteiger partial charge in [0.05, 0.1) is 27.4 Å². The number of benzene rings is 1. The van der Waals surface area contributed by atoms with E-state index in [1.54, 1.807) is 18.4 Å². The van der Waals surface area contributed by atoms with E-state index in [-0.39, 0.29) is 17.6 Å². The van der Waals surface area contributed by atoms with E-state index >= 15 is 0 Å². The fraction of sp³-hybridized carbons (Fsp3) is 0.556. The van der Waals surface area contributed by atoms with Gasteiger partial charge in [0.2, 0.25) is 0 Å². The molecule has 24 heavy (non-hydrogen) atoms. The lowest BCUT2D eigenvalue weighted by Crippen LogP contribution is -2.56. The van der Waals surface area contributed by atoms with Crippen LogP contribution >= 0.6 is 11.3 Å². The van der Waals surface area contributed by atoms with E-state index in [0.29, 0.717) is 0 Å². The predicted molar refractivity (Wildman–Crippen MR) is 93.5 cm³/mol. The topological polar surface area (TPSA) is 51.7 Å². The molecule has 6 heteroatoms. The minimum absolute atomic E-state index is 0.102. The molecule has 2 aliphatic heterocycles. The summed E-state index contributed by atoms with van der Waals surface area (Å²) in [6, 6.07) is 5.76. The summed E-state index contributed by atoms with van der Waals surface area (Å²) in [5, 5.41) is 0. The molecule has 0 unspecified atom stereocenters. The van der Waals surface area contributed by atoms with Crippen molar-refractivity contribution in [2.45, 2.75) is 37.4 Å². The van der Waals surface area contributed by atoms with Crippen molar-refractivity contribution < 1.29 is 14.3 Å². The first kappa shape index (κ1) is 16.0. The molecule has 1 spiro atoms. The highest BCUT2D eigenvalue weighted by Crippen LogP contribution is 2.37. The number of fused-ring (bicyclic) bond motifs is 1. The maximum absolute atomic E-state index is 12.8. The van der Waals surface area contributed by atoms with E-state index in [2.05, 4.69) is 4.98 Å². The Morgan fingerprint density at radius 3 is 3.04 bits per heavy atom. The Balaban J connectivity index is 1.47. The van der Waals surface area contributed by atoms with Gasteiger partial charge in [-0.1, -0.05) is 0 Å². The Hall–Kier alpha value is -1.50. The van der Waals surface area contributed by atoms with Crippen LogP contribution < -0.4 is 0 Å². The van der Waals surface area contributed by atoms with E-state index < -0.39 is 0 Å². The molecule has 1 aromatic heterocycles. The maximum atomic E-state index is 12.8. The van der Waals surface area contributed by atoms with E-state index in [1.807, 2.05) is 28.6 Å². The van der Waals surface area contributed by atoms with E-state index in [4.69, 9.17) is 9.47 Å². The van der Waals surface area contributed by atoms with Crippen LogP contribution in [0.25, 0.3) is 10.2 Å². The number of thiazole rings is 1. The second-order valence-electron chi connectivity index (χ2n) is 6.61. The molecule has 0 radical (unpaired) electrons. The van der Waals surface area contributed by atoms with Crippen LogP contribution in [0.1, 0.15) is 36.0 Å². The normalized spacial score (nSPS) is 23.7. The molecule has 5 nitrogen and oxygen atoms in total.